The Hall–Kier alpha value is -0.650. The van der Waals surface area contributed by atoms with Crippen molar-refractivity contribution in [3.8, 4) is 0 Å². The molecule has 0 radical (unpaired) electrons. The highest BCUT2D eigenvalue weighted by Crippen LogP contribution is 2.31. The summed E-state index contributed by atoms with van der Waals surface area (Å²) in [4.78, 5) is 5.76. The molecular weight excluding hydrogens is 310 g/mol. The van der Waals surface area contributed by atoms with Gasteiger partial charge in [0, 0.05) is 41.3 Å². The summed E-state index contributed by atoms with van der Waals surface area (Å²) < 4.78 is 3.30. The molecule has 0 aliphatic heterocycles. The molecule has 0 amide bonds. The van der Waals surface area contributed by atoms with Crippen molar-refractivity contribution in [1.29, 1.82) is 0 Å². The maximum Gasteiger partial charge on any atom is 0.108 e. The van der Waals surface area contributed by atoms with Crippen LogP contribution in [0.4, 0.5) is 0 Å². The van der Waals surface area contributed by atoms with E-state index in [-0.39, 0.29) is 0 Å². The molecular formula is C13H18BrN3S. The molecule has 98 valence electrons. The number of nitrogens with zero attached hydrogens (tertiary/aromatic N) is 2. The first-order valence-electron chi connectivity index (χ1n) is 6.14. The minimum Gasteiger partial charge on any atom is -0.338 e. The van der Waals surface area contributed by atoms with Gasteiger partial charge >= 0.3 is 0 Å². The van der Waals surface area contributed by atoms with Crippen LogP contribution in [-0.2, 0) is 13.5 Å². The Morgan fingerprint density at radius 3 is 2.94 bits per heavy atom. The van der Waals surface area contributed by atoms with Crippen molar-refractivity contribution in [2.45, 2.75) is 25.8 Å². The first-order valence-corrected chi connectivity index (χ1v) is 7.82. The van der Waals surface area contributed by atoms with Gasteiger partial charge in [0.2, 0.25) is 0 Å². The Bertz CT molecular complexity index is 492. The second kappa shape index (κ2) is 6.50. The zero-order valence-electron chi connectivity index (χ0n) is 10.7. The summed E-state index contributed by atoms with van der Waals surface area (Å²) in [7, 11) is 2.05. The van der Waals surface area contributed by atoms with Gasteiger partial charge in [-0.3, -0.25) is 0 Å². The van der Waals surface area contributed by atoms with E-state index in [1.54, 1.807) is 11.3 Å². The molecule has 0 aliphatic rings. The van der Waals surface area contributed by atoms with Crippen LogP contribution in [0.1, 0.15) is 30.1 Å². The maximum atomic E-state index is 4.38. The summed E-state index contributed by atoms with van der Waals surface area (Å²) in [5, 5.41) is 5.68. The SMILES string of the molecule is CCNC(CCc1nccn1C)c1sccc1Br. The molecule has 1 atom stereocenters. The van der Waals surface area contributed by atoms with Crippen LogP contribution in [0.25, 0.3) is 0 Å². The lowest BCUT2D eigenvalue weighted by atomic mass is 10.1. The maximum absolute atomic E-state index is 4.38. The van der Waals surface area contributed by atoms with Gasteiger partial charge in [-0.15, -0.1) is 11.3 Å². The molecule has 1 unspecified atom stereocenters. The van der Waals surface area contributed by atoms with E-state index < -0.39 is 0 Å². The average molecular weight is 328 g/mol. The van der Waals surface area contributed by atoms with Gasteiger partial charge in [-0.1, -0.05) is 6.92 Å². The summed E-state index contributed by atoms with van der Waals surface area (Å²) in [5.41, 5.74) is 0. The lowest BCUT2D eigenvalue weighted by Crippen LogP contribution is -2.21. The Labute approximate surface area is 120 Å². The fourth-order valence-electron chi connectivity index (χ4n) is 2.04. The minimum atomic E-state index is 0.404. The standard InChI is InChI=1S/C13H18BrN3S/c1-3-15-11(13-10(14)6-9-18-13)4-5-12-16-7-8-17(12)2/h6-9,11,15H,3-5H2,1-2H3. The fourth-order valence-corrected chi connectivity index (χ4v) is 3.80. The number of halogens is 1. The van der Waals surface area contributed by atoms with Gasteiger partial charge < -0.3 is 9.88 Å². The zero-order chi connectivity index (χ0) is 13.0. The van der Waals surface area contributed by atoms with Crippen molar-refractivity contribution >= 4 is 27.3 Å². The number of rotatable bonds is 6. The molecule has 2 heterocycles. The van der Waals surface area contributed by atoms with Gasteiger partial charge in [0.25, 0.3) is 0 Å². The smallest absolute Gasteiger partial charge is 0.108 e. The molecule has 1 N–H and O–H groups in total. The predicted octanol–water partition coefficient (Wildman–Crippen LogP) is 3.53. The van der Waals surface area contributed by atoms with E-state index in [1.165, 1.54) is 9.35 Å². The second-order valence-electron chi connectivity index (χ2n) is 4.24. The molecule has 0 fully saturated rings. The Morgan fingerprint density at radius 2 is 2.39 bits per heavy atom. The average Bonchev–Trinajstić information content (AvgIpc) is 2.94. The van der Waals surface area contributed by atoms with Crippen molar-refractivity contribution in [2.24, 2.45) is 7.05 Å². The molecule has 5 heteroatoms. The number of hydrogen-bond donors (Lipinski definition) is 1. The molecule has 0 saturated carbocycles. The largest absolute Gasteiger partial charge is 0.338 e. The van der Waals surface area contributed by atoms with Crippen LogP contribution in [0, 0.1) is 0 Å². The van der Waals surface area contributed by atoms with E-state index in [9.17, 15) is 0 Å². The van der Waals surface area contributed by atoms with Crippen LogP contribution in [0.15, 0.2) is 28.3 Å². The molecule has 0 bridgehead atoms. The van der Waals surface area contributed by atoms with Crippen LogP contribution in [0.3, 0.4) is 0 Å². The summed E-state index contributed by atoms with van der Waals surface area (Å²) in [5.74, 6) is 1.14. The summed E-state index contributed by atoms with van der Waals surface area (Å²) in [6, 6.07) is 2.52. The van der Waals surface area contributed by atoms with Gasteiger partial charge in [0.05, 0.1) is 0 Å². The third kappa shape index (κ3) is 3.22. The van der Waals surface area contributed by atoms with Gasteiger partial charge in [0.15, 0.2) is 0 Å². The normalized spacial score (nSPS) is 12.8. The molecule has 2 aromatic heterocycles. The molecule has 2 rings (SSSR count). The van der Waals surface area contributed by atoms with Crippen molar-refractivity contribution in [1.82, 2.24) is 14.9 Å². The first-order chi connectivity index (χ1) is 8.72. The predicted molar refractivity (Wildman–Crippen MR) is 80.0 cm³/mol. The van der Waals surface area contributed by atoms with E-state index in [2.05, 4.69) is 49.2 Å². The quantitative estimate of drug-likeness (QED) is 0.879. The van der Waals surface area contributed by atoms with E-state index in [4.69, 9.17) is 0 Å². The monoisotopic (exact) mass is 327 g/mol. The number of aryl methyl sites for hydroxylation is 2. The van der Waals surface area contributed by atoms with E-state index in [0.717, 1.165) is 25.2 Å². The third-order valence-electron chi connectivity index (χ3n) is 2.99. The van der Waals surface area contributed by atoms with Crippen LogP contribution in [0.5, 0.6) is 0 Å². The van der Waals surface area contributed by atoms with E-state index in [1.807, 2.05) is 19.4 Å². The third-order valence-corrected chi connectivity index (χ3v) is 4.97. The van der Waals surface area contributed by atoms with Crippen LogP contribution in [0.2, 0.25) is 0 Å². The minimum absolute atomic E-state index is 0.404. The Morgan fingerprint density at radius 1 is 1.56 bits per heavy atom. The van der Waals surface area contributed by atoms with Gasteiger partial charge in [-0.25, -0.2) is 4.98 Å². The Balaban J connectivity index is 2.03. The highest BCUT2D eigenvalue weighted by molar-refractivity contribution is 9.10. The zero-order valence-corrected chi connectivity index (χ0v) is 13.1. The van der Waals surface area contributed by atoms with Gasteiger partial charge in [0.1, 0.15) is 5.82 Å². The molecule has 0 aromatic carbocycles. The first kappa shape index (κ1) is 13.8. The highest BCUT2D eigenvalue weighted by atomic mass is 79.9. The molecule has 0 saturated heterocycles. The van der Waals surface area contributed by atoms with Crippen LogP contribution >= 0.6 is 27.3 Å². The summed E-state index contributed by atoms with van der Waals surface area (Å²) in [6.07, 6.45) is 5.92. The van der Waals surface area contributed by atoms with Crippen molar-refractivity contribution in [3.05, 3.63) is 39.0 Å². The van der Waals surface area contributed by atoms with Crippen molar-refractivity contribution in [3.63, 3.8) is 0 Å². The molecule has 0 spiro atoms. The molecule has 2 aromatic rings. The van der Waals surface area contributed by atoms with Crippen molar-refractivity contribution in [2.75, 3.05) is 6.54 Å². The van der Waals surface area contributed by atoms with Crippen LogP contribution < -0.4 is 5.32 Å². The summed E-state index contributed by atoms with van der Waals surface area (Å²) >= 11 is 5.42. The molecule has 3 nitrogen and oxygen atoms in total. The molecule has 0 aliphatic carbocycles. The van der Waals surface area contributed by atoms with E-state index in [0.29, 0.717) is 6.04 Å². The molecule has 18 heavy (non-hydrogen) atoms. The number of nitrogens with one attached hydrogen (secondary N) is 1. The number of hydrogen-bond acceptors (Lipinski definition) is 3. The van der Waals surface area contributed by atoms with Crippen molar-refractivity contribution < 1.29 is 0 Å². The topological polar surface area (TPSA) is 29.9 Å². The van der Waals surface area contributed by atoms with Gasteiger partial charge in [-0.05, 0) is 40.3 Å². The number of thiophene rings is 1. The lowest BCUT2D eigenvalue weighted by molar-refractivity contribution is 0.511. The fraction of sp³-hybridized carbons (Fsp3) is 0.462. The van der Waals surface area contributed by atoms with Gasteiger partial charge in [-0.2, -0.15) is 0 Å². The van der Waals surface area contributed by atoms with E-state index >= 15 is 0 Å². The number of aromatic nitrogens is 2. The lowest BCUT2D eigenvalue weighted by Gasteiger charge is -2.17. The highest BCUT2D eigenvalue weighted by Gasteiger charge is 2.15. The summed E-state index contributed by atoms with van der Waals surface area (Å²) in [6.45, 7) is 3.13. The second-order valence-corrected chi connectivity index (χ2v) is 6.04. The van der Waals surface area contributed by atoms with Crippen LogP contribution in [-0.4, -0.2) is 16.1 Å². The number of imidazole rings is 1. The Kier molecular flexibility index (Phi) is 4.97.